The molecular formula is C10H17N3O2. The van der Waals surface area contributed by atoms with Crippen molar-refractivity contribution in [3.63, 3.8) is 0 Å². The van der Waals surface area contributed by atoms with E-state index in [-0.39, 0.29) is 10.7 Å². The lowest BCUT2D eigenvalue weighted by atomic mass is 10.3. The van der Waals surface area contributed by atoms with Gasteiger partial charge in [0.2, 0.25) is 0 Å². The zero-order valence-electron chi connectivity index (χ0n) is 9.49. The van der Waals surface area contributed by atoms with E-state index < -0.39 is 0 Å². The van der Waals surface area contributed by atoms with Gasteiger partial charge < -0.3 is 10.1 Å². The van der Waals surface area contributed by atoms with E-state index in [0.29, 0.717) is 12.2 Å². The van der Waals surface area contributed by atoms with E-state index in [1.165, 1.54) is 0 Å². The van der Waals surface area contributed by atoms with Crippen molar-refractivity contribution in [1.29, 1.82) is 0 Å². The summed E-state index contributed by atoms with van der Waals surface area (Å²) in [5, 5.41) is 10.9. The number of rotatable bonds is 5. The summed E-state index contributed by atoms with van der Waals surface area (Å²) in [6.07, 6.45) is 2.71. The Bertz CT molecular complexity index is 358. The molecule has 0 fully saturated rings. The standard InChI is InChI=1S/C10H17N3O2/c1-4-6-7-12-9(5-2)11-8(3)10(12)13(14)15/h4-7H2,1-3H3. The lowest BCUT2D eigenvalue weighted by molar-refractivity contribution is -0.392. The second-order valence-electron chi connectivity index (χ2n) is 3.55. The molecule has 84 valence electrons. The molecule has 0 aliphatic carbocycles. The van der Waals surface area contributed by atoms with E-state index in [0.717, 1.165) is 25.1 Å². The summed E-state index contributed by atoms with van der Waals surface area (Å²) in [6, 6.07) is 0. The molecular weight excluding hydrogens is 194 g/mol. The van der Waals surface area contributed by atoms with Crippen LogP contribution in [0.5, 0.6) is 0 Å². The van der Waals surface area contributed by atoms with E-state index in [1.807, 2.05) is 6.92 Å². The lowest BCUT2D eigenvalue weighted by Crippen LogP contribution is -2.07. The van der Waals surface area contributed by atoms with Crippen LogP contribution in [-0.4, -0.2) is 14.5 Å². The quantitative estimate of drug-likeness (QED) is 0.555. The first-order chi connectivity index (χ1) is 7.11. The van der Waals surface area contributed by atoms with Gasteiger partial charge in [0.15, 0.2) is 5.82 Å². The molecule has 0 unspecified atom stereocenters. The van der Waals surface area contributed by atoms with E-state index in [4.69, 9.17) is 0 Å². The molecule has 5 heteroatoms. The van der Waals surface area contributed by atoms with Gasteiger partial charge in [-0.05, 0) is 18.3 Å². The molecule has 0 spiro atoms. The van der Waals surface area contributed by atoms with Crippen molar-refractivity contribution in [3.8, 4) is 0 Å². The average molecular weight is 211 g/mol. The molecule has 0 saturated carbocycles. The molecule has 0 aliphatic rings. The van der Waals surface area contributed by atoms with Crippen molar-refractivity contribution in [3.05, 3.63) is 21.6 Å². The van der Waals surface area contributed by atoms with Gasteiger partial charge >= 0.3 is 5.82 Å². The largest absolute Gasteiger partial charge is 0.358 e. The first-order valence-electron chi connectivity index (χ1n) is 5.32. The molecule has 0 saturated heterocycles. The summed E-state index contributed by atoms with van der Waals surface area (Å²) < 4.78 is 1.73. The first-order valence-corrected chi connectivity index (χ1v) is 5.32. The molecule has 15 heavy (non-hydrogen) atoms. The van der Waals surface area contributed by atoms with Gasteiger partial charge in [-0.15, -0.1) is 0 Å². The highest BCUT2D eigenvalue weighted by molar-refractivity contribution is 5.29. The zero-order valence-corrected chi connectivity index (χ0v) is 9.49. The third kappa shape index (κ3) is 2.34. The monoisotopic (exact) mass is 211 g/mol. The van der Waals surface area contributed by atoms with Crippen LogP contribution < -0.4 is 0 Å². The average Bonchev–Trinajstić information content (AvgIpc) is 2.51. The summed E-state index contributed by atoms with van der Waals surface area (Å²) in [6.45, 7) is 6.42. The van der Waals surface area contributed by atoms with Gasteiger partial charge in [0.05, 0.1) is 6.54 Å². The minimum atomic E-state index is -0.336. The molecule has 5 nitrogen and oxygen atoms in total. The summed E-state index contributed by atoms with van der Waals surface area (Å²) >= 11 is 0. The molecule has 0 atom stereocenters. The number of unbranched alkanes of at least 4 members (excludes halogenated alkanes) is 1. The van der Waals surface area contributed by atoms with Crippen LogP contribution in [0, 0.1) is 17.0 Å². The fourth-order valence-electron chi connectivity index (χ4n) is 1.67. The Morgan fingerprint density at radius 2 is 2.13 bits per heavy atom. The highest BCUT2D eigenvalue weighted by atomic mass is 16.6. The highest BCUT2D eigenvalue weighted by Gasteiger charge is 2.22. The van der Waals surface area contributed by atoms with E-state index in [9.17, 15) is 10.1 Å². The molecule has 1 heterocycles. The predicted molar refractivity (Wildman–Crippen MR) is 57.9 cm³/mol. The summed E-state index contributed by atoms with van der Waals surface area (Å²) in [5.74, 6) is 0.966. The van der Waals surface area contributed by atoms with Crippen molar-refractivity contribution in [1.82, 2.24) is 9.55 Å². The molecule has 0 bridgehead atoms. The fourth-order valence-corrected chi connectivity index (χ4v) is 1.67. The molecule has 1 aromatic rings. The van der Waals surface area contributed by atoms with Gasteiger partial charge in [-0.25, -0.2) is 9.55 Å². The molecule has 0 aromatic carbocycles. The van der Waals surface area contributed by atoms with Crippen LogP contribution in [0.2, 0.25) is 0 Å². The molecule has 1 rings (SSSR count). The van der Waals surface area contributed by atoms with Gasteiger partial charge in [0.25, 0.3) is 0 Å². The van der Waals surface area contributed by atoms with E-state index in [1.54, 1.807) is 11.5 Å². The van der Waals surface area contributed by atoms with E-state index >= 15 is 0 Å². The second kappa shape index (κ2) is 4.91. The summed E-state index contributed by atoms with van der Waals surface area (Å²) in [5.41, 5.74) is 0.521. The highest BCUT2D eigenvalue weighted by Crippen LogP contribution is 2.20. The van der Waals surface area contributed by atoms with Crippen molar-refractivity contribution in [2.24, 2.45) is 0 Å². The SMILES string of the molecule is CCCCn1c(CC)nc(C)c1[N+](=O)[O-]. The summed E-state index contributed by atoms with van der Waals surface area (Å²) in [7, 11) is 0. The van der Waals surface area contributed by atoms with Crippen molar-refractivity contribution >= 4 is 5.82 Å². The van der Waals surface area contributed by atoms with Crippen LogP contribution in [0.3, 0.4) is 0 Å². The summed E-state index contributed by atoms with van der Waals surface area (Å²) in [4.78, 5) is 14.8. The fraction of sp³-hybridized carbons (Fsp3) is 0.700. The minimum Gasteiger partial charge on any atom is -0.358 e. The molecule has 1 aromatic heterocycles. The van der Waals surface area contributed by atoms with Crippen LogP contribution in [0.4, 0.5) is 5.82 Å². The number of imidazole rings is 1. The predicted octanol–water partition coefficient (Wildman–Crippen LogP) is 2.46. The molecule has 0 radical (unpaired) electrons. The number of aryl methyl sites for hydroxylation is 2. The first kappa shape index (κ1) is 11.7. The van der Waals surface area contributed by atoms with E-state index in [2.05, 4.69) is 11.9 Å². The van der Waals surface area contributed by atoms with Crippen LogP contribution in [0.1, 0.15) is 38.2 Å². The zero-order chi connectivity index (χ0) is 11.4. The number of aromatic nitrogens is 2. The molecule has 0 N–H and O–H groups in total. The molecule has 0 amide bonds. The maximum atomic E-state index is 10.9. The molecule has 0 aliphatic heterocycles. The van der Waals surface area contributed by atoms with Crippen LogP contribution in [-0.2, 0) is 13.0 Å². The second-order valence-corrected chi connectivity index (χ2v) is 3.55. The topological polar surface area (TPSA) is 61.0 Å². The normalized spacial score (nSPS) is 10.6. The van der Waals surface area contributed by atoms with Gasteiger partial charge in [-0.2, -0.15) is 0 Å². The Labute approximate surface area is 89.3 Å². The third-order valence-corrected chi connectivity index (χ3v) is 2.41. The number of nitro groups is 1. The van der Waals surface area contributed by atoms with Crippen LogP contribution in [0.25, 0.3) is 0 Å². The van der Waals surface area contributed by atoms with Crippen molar-refractivity contribution in [2.75, 3.05) is 0 Å². The van der Waals surface area contributed by atoms with Gasteiger partial charge in [-0.1, -0.05) is 20.3 Å². The van der Waals surface area contributed by atoms with Crippen LogP contribution >= 0.6 is 0 Å². The van der Waals surface area contributed by atoms with Gasteiger partial charge in [0, 0.05) is 6.42 Å². The maximum Gasteiger partial charge on any atom is 0.345 e. The Kier molecular flexibility index (Phi) is 3.82. The maximum absolute atomic E-state index is 10.9. The third-order valence-electron chi connectivity index (χ3n) is 2.41. The minimum absolute atomic E-state index is 0.153. The Morgan fingerprint density at radius 1 is 1.47 bits per heavy atom. The smallest absolute Gasteiger partial charge is 0.345 e. The number of hydrogen-bond donors (Lipinski definition) is 0. The number of hydrogen-bond acceptors (Lipinski definition) is 3. The van der Waals surface area contributed by atoms with Crippen molar-refractivity contribution in [2.45, 2.75) is 46.6 Å². The lowest BCUT2D eigenvalue weighted by Gasteiger charge is -2.02. The Balaban J connectivity index is 3.11. The van der Waals surface area contributed by atoms with Gasteiger partial charge in [-0.3, -0.25) is 0 Å². The van der Waals surface area contributed by atoms with Gasteiger partial charge in [0.1, 0.15) is 5.69 Å². The van der Waals surface area contributed by atoms with Crippen LogP contribution in [0.15, 0.2) is 0 Å². The van der Waals surface area contributed by atoms with Crippen molar-refractivity contribution < 1.29 is 4.92 Å². The number of nitrogens with zero attached hydrogens (tertiary/aromatic N) is 3. The Hall–Kier alpha value is -1.39. The Morgan fingerprint density at radius 3 is 2.60 bits per heavy atom.